The summed E-state index contributed by atoms with van der Waals surface area (Å²) in [4.78, 5) is 22.8. The van der Waals surface area contributed by atoms with Gasteiger partial charge in [0.2, 0.25) is 11.9 Å². The number of hydrogen-bond acceptors (Lipinski definition) is 9. The van der Waals surface area contributed by atoms with Crippen molar-refractivity contribution in [2.24, 2.45) is 0 Å². The molecule has 4 rings (SSSR count). The number of hydrogen-bond donors (Lipinski definition) is 3. The van der Waals surface area contributed by atoms with Crippen molar-refractivity contribution in [1.29, 1.82) is 0 Å². The van der Waals surface area contributed by atoms with Gasteiger partial charge in [0.1, 0.15) is 17.3 Å². The van der Waals surface area contributed by atoms with E-state index in [0.29, 0.717) is 48.6 Å². The molecule has 3 heterocycles. The van der Waals surface area contributed by atoms with Gasteiger partial charge in [-0.1, -0.05) is 29.8 Å². The quantitative estimate of drug-likeness (QED) is 0.415. The van der Waals surface area contributed by atoms with Crippen LogP contribution < -0.4 is 15.4 Å². The number of ether oxygens (including phenoxy) is 2. The molecule has 12 heteroatoms. The van der Waals surface area contributed by atoms with Gasteiger partial charge in [-0.3, -0.25) is 9.48 Å². The Bertz CT molecular complexity index is 1120. The number of para-hydroxylation sites is 1. The lowest BCUT2D eigenvalue weighted by molar-refractivity contribution is -0.136. The Morgan fingerprint density at radius 2 is 2.09 bits per heavy atom. The monoisotopic (exact) mass is 487 g/mol. The second kappa shape index (κ2) is 11.1. The van der Waals surface area contributed by atoms with E-state index in [9.17, 15) is 9.90 Å². The van der Waals surface area contributed by atoms with Gasteiger partial charge in [0.15, 0.2) is 5.82 Å². The molecule has 0 bridgehead atoms. The zero-order valence-corrected chi connectivity index (χ0v) is 19.4. The summed E-state index contributed by atoms with van der Waals surface area (Å²) in [6.07, 6.45) is 4.75. The second-order valence-corrected chi connectivity index (χ2v) is 7.96. The van der Waals surface area contributed by atoms with E-state index < -0.39 is 6.04 Å². The third kappa shape index (κ3) is 5.74. The number of methoxy groups -OCH3 is 1. The van der Waals surface area contributed by atoms with Crippen LogP contribution in [0.1, 0.15) is 11.6 Å². The maximum absolute atomic E-state index is 12.4. The van der Waals surface area contributed by atoms with Crippen molar-refractivity contribution in [2.45, 2.75) is 12.6 Å². The van der Waals surface area contributed by atoms with Crippen LogP contribution in [0.2, 0.25) is 5.02 Å². The molecular formula is C22H26ClN7O4. The number of amides is 1. The van der Waals surface area contributed by atoms with Gasteiger partial charge in [-0.15, -0.1) is 0 Å². The van der Waals surface area contributed by atoms with E-state index >= 15 is 0 Å². The van der Waals surface area contributed by atoms with Crippen molar-refractivity contribution >= 4 is 35.0 Å². The fraction of sp³-hybridized carbons (Fsp3) is 0.364. The molecule has 1 saturated heterocycles. The van der Waals surface area contributed by atoms with Crippen LogP contribution in [0, 0.1) is 0 Å². The molecule has 180 valence electrons. The second-order valence-electron chi connectivity index (χ2n) is 7.56. The van der Waals surface area contributed by atoms with Gasteiger partial charge in [-0.25, -0.2) is 4.98 Å². The Morgan fingerprint density at radius 1 is 1.29 bits per heavy atom. The van der Waals surface area contributed by atoms with Crippen molar-refractivity contribution in [2.75, 3.05) is 50.7 Å². The number of aliphatic hydroxyl groups is 1. The molecule has 0 spiro atoms. The minimum atomic E-state index is -0.495. The first kappa shape index (κ1) is 23.7. The molecule has 0 unspecified atom stereocenters. The van der Waals surface area contributed by atoms with Gasteiger partial charge in [0, 0.05) is 24.8 Å². The number of nitrogens with zero attached hydrogens (tertiary/aromatic N) is 5. The maximum atomic E-state index is 12.4. The Morgan fingerprint density at radius 3 is 2.85 bits per heavy atom. The van der Waals surface area contributed by atoms with Crippen molar-refractivity contribution < 1.29 is 19.4 Å². The number of morpholine rings is 1. The van der Waals surface area contributed by atoms with Crippen LogP contribution in [0.15, 0.2) is 42.9 Å². The van der Waals surface area contributed by atoms with Crippen LogP contribution >= 0.6 is 11.6 Å². The largest absolute Gasteiger partial charge is 0.496 e. The van der Waals surface area contributed by atoms with E-state index in [4.69, 9.17) is 21.1 Å². The first-order chi connectivity index (χ1) is 16.6. The SMILES string of the molecule is COc1ccccc1[C@@H](CO)Nc1nc(Nc2cnn(CC(=O)N3CCOCC3)c2)ncc1Cl. The Balaban J connectivity index is 1.43. The molecule has 3 N–H and O–H groups in total. The highest BCUT2D eigenvalue weighted by molar-refractivity contribution is 6.32. The zero-order chi connectivity index (χ0) is 23.9. The molecule has 1 aliphatic rings. The lowest BCUT2D eigenvalue weighted by Crippen LogP contribution is -2.42. The lowest BCUT2D eigenvalue weighted by atomic mass is 10.1. The molecule has 3 aromatic rings. The molecule has 1 amide bonds. The van der Waals surface area contributed by atoms with Crippen molar-refractivity contribution in [1.82, 2.24) is 24.6 Å². The number of aliphatic hydroxyl groups excluding tert-OH is 1. The Kier molecular flexibility index (Phi) is 7.78. The average Bonchev–Trinajstić information content (AvgIpc) is 3.31. The van der Waals surface area contributed by atoms with Crippen LogP contribution in [0.5, 0.6) is 5.75 Å². The molecule has 2 aromatic heterocycles. The number of aromatic nitrogens is 4. The predicted octanol–water partition coefficient (Wildman–Crippen LogP) is 2.08. The fourth-order valence-electron chi connectivity index (χ4n) is 3.56. The highest BCUT2D eigenvalue weighted by atomic mass is 35.5. The summed E-state index contributed by atoms with van der Waals surface area (Å²) in [7, 11) is 1.57. The summed E-state index contributed by atoms with van der Waals surface area (Å²) in [6.45, 7) is 2.21. The fourth-order valence-corrected chi connectivity index (χ4v) is 3.71. The van der Waals surface area contributed by atoms with Crippen molar-refractivity contribution in [3.8, 4) is 5.75 Å². The molecule has 1 aliphatic heterocycles. The van der Waals surface area contributed by atoms with Gasteiger partial charge in [0.05, 0.1) is 51.1 Å². The minimum Gasteiger partial charge on any atom is -0.496 e. The van der Waals surface area contributed by atoms with Gasteiger partial charge in [-0.05, 0) is 6.07 Å². The minimum absolute atomic E-state index is 0.0152. The van der Waals surface area contributed by atoms with Crippen LogP contribution in [0.25, 0.3) is 0 Å². The Labute approximate surface area is 201 Å². The van der Waals surface area contributed by atoms with Crippen LogP contribution in [0.4, 0.5) is 17.5 Å². The molecule has 0 saturated carbocycles. The number of halogens is 1. The van der Waals surface area contributed by atoms with Crippen molar-refractivity contribution in [3.63, 3.8) is 0 Å². The highest BCUT2D eigenvalue weighted by Crippen LogP contribution is 2.30. The van der Waals surface area contributed by atoms with E-state index in [2.05, 4.69) is 25.7 Å². The van der Waals surface area contributed by atoms with Crippen molar-refractivity contribution in [3.05, 3.63) is 53.4 Å². The van der Waals surface area contributed by atoms with E-state index in [1.165, 1.54) is 6.20 Å². The van der Waals surface area contributed by atoms with Gasteiger partial charge in [-0.2, -0.15) is 10.1 Å². The third-order valence-electron chi connectivity index (χ3n) is 5.30. The molecule has 11 nitrogen and oxygen atoms in total. The summed E-state index contributed by atoms with van der Waals surface area (Å²) in [5, 5.41) is 20.7. The smallest absolute Gasteiger partial charge is 0.244 e. The van der Waals surface area contributed by atoms with Crippen LogP contribution in [-0.4, -0.2) is 75.7 Å². The van der Waals surface area contributed by atoms with E-state index in [-0.39, 0.29) is 25.0 Å². The Hall–Kier alpha value is -3.41. The summed E-state index contributed by atoms with van der Waals surface area (Å²) in [5.41, 5.74) is 1.38. The first-order valence-electron chi connectivity index (χ1n) is 10.7. The molecule has 0 radical (unpaired) electrons. The standard InChI is InChI=1S/C22H26ClN7O4/c1-33-19-5-3-2-4-16(19)18(14-31)27-21-17(23)11-24-22(28-21)26-15-10-25-30(12-15)13-20(32)29-6-8-34-9-7-29/h2-5,10-12,18,31H,6-9,13-14H2,1H3,(H2,24,26,27,28)/t18-/m1/s1. The van der Waals surface area contributed by atoms with E-state index in [0.717, 1.165) is 5.56 Å². The maximum Gasteiger partial charge on any atom is 0.244 e. The lowest BCUT2D eigenvalue weighted by Gasteiger charge is -2.26. The number of carbonyl (C=O) groups excluding carboxylic acids is 1. The summed E-state index contributed by atoms with van der Waals surface area (Å²) in [6, 6.07) is 6.89. The van der Waals surface area contributed by atoms with Gasteiger partial charge < -0.3 is 30.1 Å². The van der Waals surface area contributed by atoms with Gasteiger partial charge in [0.25, 0.3) is 0 Å². The van der Waals surface area contributed by atoms with Crippen LogP contribution in [0.3, 0.4) is 0 Å². The number of anilines is 3. The van der Waals surface area contributed by atoms with E-state index in [1.807, 2.05) is 24.3 Å². The molecular weight excluding hydrogens is 462 g/mol. The molecule has 1 fully saturated rings. The zero-order valence-electron chi connectivity index (χ0n) is 18.6. The number of carbonyl (C=O) groups is 1. The molecule has 1 aromatic carbocycles. The molecule has 34 heavy (non-hydrogen) atoms. The number of benzene rings is 1. The van der Waals surface area contributed by atoms with Crippen LogP contribution in [-0.2, 0) is 16.1 Å². The highest BCUT2D eigenvalue weighted by Gasteiger charge is 2.19. The summed E-state index contributed by atoms with van der Waals surface area (Å²) in [5.74, 6) is 1.25. The normalized spacial score (nSPS) is 14.5. The molecule has 0 aliphatic carbocycles. The van der Waals surface area contributed by atoms with Gasteiger partial charge >= 0.3 is 0 Å². The summed E-state index contributed by atoms with van der Waals surface area (Å²) < 4.78 is 12.2. The van der Waals surface area contributed by atoms with E-state index in [1.54, 1.807) is 29.1 Å². The number of nitrogens with one attached hydrogen (secondary N) is 2. The number of rotatable bonds is 9. The summed E-state index contributed by atoms with van der Waals surface area (Å²) >= 11 is 6.30. The predicted molar refractivity (Wildman–Crippen MR) is 126 cm³/mol. The molecule has 1 atom stereocenters. The first-order valence-corrected chi connectivity index (χ1v) is 11.1. The topological polar surface area (TPSA) is 127 Å². The third-order valence-corrected chi connectivity index (χ3v) is 5.58. The average molecular weight is 488 g/mol.